The average molecular weight is 272 g/mol. The number of aryl methyl sites for hydroxylation is 1. The molecule has 0 aromatic heterocycles. The standard InChI is InChI=1S/C16H20N2O2/c19-16(20)17-8-3-7-14-13(10-17)12-6-1-4-11-5-2-9-18(14)15(11)12/h1,4,6,13-14H,2-3,5,7-10H2,(H,19,20). The molecule has 0 aliphatic carbocycles. The van der Waals surface area contributed by atoms with Crippen molar-refractivity contribution in [2.75, 3.05) is 24.5 Å². The molecule has 0 spiro atoms. The van der Waals surface area contributed by atoms with Crippen LogP contribution < -0.4 is 4.90 Å². The second kappa shape index (κ2) is 4.40. The summed E-state index contributed by atoms with van der Waals surface area (Å²) in [4.78, 5) is 15.5. The highest BCUT2D eigenvalue weighted by atomic mass is 16.4. The summed E-state index contributed by atoms with van der Waals surface area (Å²) in [7, 11) is 0. The SMILES string of the molecule is O=C(O)N1CCCC2C(C1)c1cccc3c1N2CCC3. The monoisotopic (exact) mass is 272 g/mol. The Morgan fingerprint density at radius 3 is 3.00 bits per heavy atom. The third-order valence-electron chi connectivity index (χ3n) is 5.16. The highest BCUT2D eigenvalue weighted by Gasteiger charge is 2.42. The fourth-order valence-electron chi connectivity index (χ4n) is 4.34. The van der Waals surface area contributed by atoms with E-state index in [9.17, 15) is 9.90 Å². The van der Waals surface area contributed by atoms with Crippen molar-refractivity contribution < 1.29 is 9.90 Å². The number of carbonyl (C=O) groups is 1. The van der Waals surface area contributed by atoms with Crippen LogP contribution in [0.5, 0.6) is 0 Å². The summed E-state index contributed by atoms with van der Waals surface area (Å²) < 4.78 is 0. The number of hydrogen-bond donors (Lipinski definition) is 1. The van der Waals surface area contributed by atoms with Crippen molar-refractivity contribution in [1.82, 2.24) is 4.90 Å². The van der Waals surface area contributed by atoms with Crippen molar-refractivity contribution in [3.8, 4) is 0 Å². The highest BCUT2D eigenvalue weighted by Crippen LogP contribution is 2.47. The van der Waals surface area contributed by atoms with E-state index in [1.54, 1.807) is 4.90 Å². The molecule has 20 heavy (non-hydrogen) atoms. The van der Waals surface area contributed by atoms with Crippen molar-refractivity contribution >= 4 is 11.8 Å². The minimum atomic E-state index is -0.767. The van der Waals surface area contributed by atoms with Gasteiger partial charge in [-0.05, 0) is 36.8 Å². The molecule has 1 amide bonds. The molecule has 0 bridgehead atoms. The molecule has 3 aliphatic rings. The number of fused-ring (bicyclic) bond motifs is 3. The smallest absolute Gasteiger partial charge is 0.407 e. The maximum atomic E-state index is 11.4. The summed E-state index contributed by atoms with van der Waals surface area (Å²) in [5.74, 6) is 0.363. The van der Waals surface area contributed by atoms with Gasteiger partial charge < -0.3 is 14.9 Å². The minimum absolute atomic E-state index is 0.363. The van der Waals surface area contributed by atoms with Gasteiger partial charge in [0.1, 0.15) is 0 Å². The van der Waals surface area contributed by atoms with Crippen LogP contribution in [-0.4, -0.2) is 41.8 Å². The van der Waals surface area contributed by atoms with Crippen molar-refractivity contribution in [2.45, 2.75) is 37.6 Å². The lowest BCUT2D eigenvalue weighted by molar-refractivity contribution is 0.145. The normalized spacial score (nSPS) is 27.8. The predicted octanol–water partition coefficient (Wildman–Crippen LogP) is 2.68. The maximum Gasteiger partial charge on any atom is 0.407 e. The van der Waals surface area contributed by atoms with Crippen LogP contribution in [0.1, 0.15) is 36.3 Å². The number of rotatable bonds is 0. The molecule has 1 saturated heterocycles. The first-order valence-corrected chi connectivity index (χ1v) is 7.62. The lowest BCUT2D eigenvalue weighted by Crippen LogP contribution is -2.39. The first-order valence-electron chi connectivity index (χ1n) is 7.62. The molecule has 1 N–H and O–H groups in total. The molecule has 3 aliphatic heterocycles. The van der Waals surface area contributed by atoms with E-state index in [4.69, 9.17) is 0 Å². The largest absolute Gasteiger partial charge is 0.465 e. The number of carboxylic acid groups (broad SMARTS) is 1. The Morgan fingerprint density at radius 2 is 2.15 bits per heavy atom. The highest BCUT2D eigenvalue weighted by molar-refractivity contribution is 5.70. The summed E-state index contributed by atoms with van der Waals surface area (Å²) in [6, 6.07) is 7.12. The number of amides is 1. The van der Waals surface area contributed by atoms with Crippen molar-refractivity contribution in [2.24, 2.45) is 0 Å². The molecule has 1 aromatic rings. The van der Waals surface area contributed by atoms with Gasteiger partial charge in [-0.3, -0.25) is 0 Å². The van der Waals surface area contributed by atoms with Gasteiger partial charge in [0.05, 0.1) is 0 Å². The Morgan fingerprint density at radius 1 is 1.25 bits per heavy atom. The lowest BCUT2D eigenvalue weighted by atomic mass is 9.92. The molecule has 0 saturated carbocycles. The zero-order valence-corrected chi connectivity index (χ0v) is 11.6. The van der Waals surface area contributed by atoms with Crippen molar-refractivity contribution in [3.63, 3.8) is 0 Å². The molecular weight excluding hydrogens is 252 g/mol. The molecule has 4 rings (SSSR count). The first kappa shape index (κ1) is 12.1. The van der Waals surface area contributed by atoms with E-state index >= 15 is 0 Å². The molecule has 3 heterocycles. The van der Waals surface area contributed by atoms with Crippen LogP contribution in [0, 0.1) is 0 Å². The number of likely N-dealkylation sites (tertiary alicyclic amines) is 1. The summed E-state index contributed by atoms with van der Waals surface area (Å²) in [6.07, 6.45) is 3.72. The first-order chi connectivity index (χ1) is 9.75. The zero-order valence-electron chi connectivity index (χ0n) is 11.6. The number of hydrogen-bond acceptors (Lipinski definition) is 2. The van der Waals surface area contributed by atoms with Crippen LogP contribution in [0.25, 0.3) is 0 Å². The van der Waals surface area contributed by atoms with Crippen molar-refractivity contribution in [1.29, 1.82) is 0 Å². The second-order valence-corrected chi connectivity index (χ2v) is 6.20. The van der Waals surface area contributed by atoms with Gasteiger partial charge in [-0.1, -0.05) is 18.2 Å². The van der Waals surface area contributed by atoms with Crippen LogP contribution in [-0.2, 0) is 6.42 Å². The Kier molecular flexibility index (Phi) is 2.65. The van der Waals surface area contributed by atoms with E-state index in [1.807, 2.05) is 0 Å². The number of benzene rings is 1. The summed E-state index contributed by atoms with van der Waals surface area (Å²) in [5.41, 5.74) is 4.28. The molecule has 106 valence electrons. The predicted molar refractivity (Wildman–Crippen MR) is 77.5 cm³/mol. The van der Waals surface area contributed by atoms with Crippen LogP contribution in [0.3, 0.4) is 0 Å². The minimum Gasteiger partial charge on any atom is -0.465 e. The molecule has 1 fully saturated rings. The van der Waals surface area contributed by atoms with Gasteiger partial charge in [0.25, 0.3) is 0 Å². The average Bonchev–Trinajstić information content (AvgIpc) is 2.63. The van der Waals surface area contributed by atoms with Gasteiger partial charge in [-0.2, -0.15) is 0 Å². The molecule has 1 aromatic carbocycles. The Bertz CT molecular complexity index is 557. The number of anilines is 1. The van der Waals surface area contributed by atoms with Crippen LogP contribution in [0.4, 0.5) is 10.5 Å². The van der Waals surface area contributed by atoms with Gasteiger partial charge in [0.15, 0.2) is 0 Å². The molecular formula is C16H20N2O2. The van der Waals surface area contributed by atoms with E-state index in [1.165, 1.54) is 29.7 Å². The topological polar surface area (TPSA) is 43.8 Å². The van der Waals surface area contributed by atoms with E-state index in [0.717, 1.165) is 19.4 Å². The Labute approximate surface area is 119 Å². The van der Waals surface area contributed by atoms with E-state index in [-0.39, 0.29) is 0 Å². The molecule has 2 unspecified atom stereocenters. The van der Waals surface area contributed by atoms with Crippen molar-refractivity contribution in [3.05, 3.63) is 29.3 Å². The lowest BCUT2D eigenvalue weighted by Gasteiger charge is -2.33. The number of para-hydroxylation sites is 1. The summed E-state index contributed by atoms with van der Waals surface area (Å²) in [5, 5.41) is 9.33. The summed E-state index contributed by atoms with van der Waals surface area (Å²) in [6.45, 7) is 2.48. The van der Waals surface area contributed by atoms with Gasteiger partial charge in [0, 0.05) is 37.3 Å². The molecule has 2 atom stereocenters. The third kappa shape index (κ3) is 1.63. The Hall–Kier alpha value is -1.71. The zero-order chi connectivity index (χ0) is 13.7. The Balaban J connectivity index is 1.77. The third-order valence-corrected chi connectivity index (χ3v) is 5.16. The fraction of sp³-hybridized carbons (Fsp3) is 0.562. The number of nitrogens with zero attached hydrogens (tertiary/aromatic N) is 2. The molecule has 4 nitrogen and oxygen atoms in total. The maximum absolute atomic E-state index is 11.4. The van der Waals surface area contributed by atoms with Crippen LogP contribution in [0.2, 0.25) is 0 Å². The van der Waals surface area contributed by atoms with Gasteiger partial charge >= 0.3 is 6.09 Å². The van der Waals surface area contributed by atoms with Crippen LogP contribution >= 0.6 is 0 Å². The van der Waals surface area contributed by atoms with Gasteiger partial charge in [-0.25, -0.2) is 4.79 Å². The quantitative estimate of drug-likeness (QED) is 0.789. The van der Waals surface area contributed by atoms with Gasteiger partial charge in [-0.15, -0.1) is 0 Å². The molecule has 4 heteroatoms. The van der Waals surface area contributed by atoms with Crippen LogP contribution in [0.15, 0.2) is 18.2 Å². The van der Waals surface area contributed by atoms with E-state index in [0.29, 0.717) is 25.0 Å². The second-order valence-electron chi connectivity index (χ2n) is 6.20. The fourth-order valence-corrected chi connectivity index (χ4v) is 4.34. The van der Waals surface area contributed by atoms with E-state index < -0.39 is 6.09 Å². The van der Waals surface area contributed by atoms with Gasteiger partial charge in [0.2, 0.25) is 0 Å². The molecule has 0 radical (unpaired) electrons. The summed E-state index contributed by atoms with van der Waals surface area (Å²) >= 11 is 0. The van der Waals surface area contributed by atoms with E-state index in [2.05, 4.69) is 23.1 Å².